The fourth-order valence-corrected chi connectivity index (χ4v) is 2.74. The Hall–Kier alpha value is -3.95. The monoisotopic (exact) mass is 460 g/mol. The van der Waals surface area contributed by atoms with Crippen molar-refractivity contribution in [1.29, 1.82) is 0 Å². The predicted octanol–water partition coefficient (Wildman–Crippen LogP) is 2.41. The number of amides is 2. The molecule has 0 atom stereocenters. The molecule has 0 aromatic heterocycles. The molecule has 0 saturated heterocycles. The minimum absolute atomic E-state index is 0.289. The zero-order chi connectivity index (χ0) is 24.2. The van der Waals surface area contributed by atoms with Gasteiger partial charge in [-0.2, -0.15) is 0 Å². The number of methoxy groups -OCH3 is 2. The van der Waals surface area contributed by atoms with E-state index >= 15 is 0 Å². The molecule has 2 aromatic rings. The molecule has 0 bridgehead atoms. The zero-order valence-corrected chi connectivity index (χ0v) is 19.1. The fraction of sp³-hybridized carbons (Fsp3) is 0.348. The van der Waals surface area contributed by atoms with Crippen molar-refractivity contribution in [2.45, 2.75) is 13.8 Å². The Labute approximate surface area is 192 Å². The molecular formula is C23H28N2O8. The molecule has 178 valence electrons. The summed E-state index contributed by atoms with van der Waals surface area (Å²) in [6.45, 7) is 3.57. The second-order valence-corrected chi connectivity index (χ2v) is 6.49. The number of carbonyl (C=O) groups is 3. The average molecular weight is 460 g/mol. The Morgan fingerprint density at radius 3 is 2.21 bits per heavy atom. The van der Waals surface area contributed by atoms with Gasteiger partial charge in [-0.05, 0) is 44.2 Å². The summed E-state index contributed by atoms with van der Waals surface area (Å²) in [5, 5.41) is 5.03. The van der Waals surface area contributed by atoms with Gasteiger partial charge in [-0.25, -0.2) is 0 Å². The van der Waals surface area contributed by atoms with E-state index in [1.54, 1.807) is 30.3 Å². The number of esters is 1. The van der Waals surface area contributed by atoms with Crippen LogP contribution in [0.25, 0.3) is 0 Å². The number of hydrogen-bond donors (Lipinski definition) is 2. The highest BCUT2D eigenvalue weighted by atomic mass is 16.5. The molecule has 0 unspecified atom stereocenters. The lowest BCUT2D eigenvalue weighted by atomic mass is 10.2. The third-order valence-electron chi connectivity index (χ3n) is 4.24. The van der Waals surface area contributed by atoms with Crippen LogP contribution in [-0.4, -0.2) is 58.4 Å². The van der Waals surface area contributed by atoms with E-state index in [0.717, 1.165) is 0 Å². The van der Waals surface area contributed by atoms with Gasteiger partial charge in [-0.1, -0.05) is 0 Å². The Morgan fingerprint density at radius 2 is 1.55 bits per heavy atom. The summed E-state index contributed by atoms with van der Waals surface area (Å²) < 4.78 is 26.2. The van der Waals surface area contributed by atoms with E-state index in [2.05, 4.69) is 10.6 Å². The second-order valence-electron chi connectivity index (χ2n) is 6.49. The summed E-state index contributed by atoms with van der Waals surface area (Å²) >= 11 is 0. The molecule has 0 aliphatic carbocycles. The first-order valence-electron chi connectivity index (χ1n) is 10.3. The molecule has 0 heterocycles. The van der Waals surface area contributed by atoms with E-state index < -0.39 is 30.9 Å². The van der Waals surface area contributed by atoms with Gasteiger partial charge in [-0.3, -0.25) is 14.4 Å². The van der Waals surface area contributed by atoms with E-state index in [0.29, 0.717) is 41.9 Å². The molecule has 2 amide bonds. The van der Waals surface area contributed by atoms with Gasteiger partial charge in [-0.15, -0.1) is 0 Å². The van der Waals surface area contributed by atoms with Crippen LogP contribution in [0.5, 0.6) is 23.0 Å². The number of rotatable bonds is 12. The van der Waals surface area contributed by atoms with Crippen LogP contribution in [0.3, 0.4) is 0 Å². The van der Waals surface area contributed by atoms with Gasteiger partial charge < -0.3 is 34.3 Å². The van der Waals surface area contributed by atoms with Crippen molar-refractivity contribution >= 4 is 23.5 Å². The molecule has 0 aliphatic rings. The number of carbonyl (C=O) groups excluding carboxylic acids is 3. The SMILES string of the molecule is CCOc1ccc(C(=O)NCC(=O)OCC(=O)Nc2cc(OC)ccc2OC)cc1OCC. The highest BCUT2D eigenvalue weighted by Crippen LogP contribution is 2.29. The molecule has 2 aromatic carbocycles. The van der Waals surface area contributed by atoms with Crippen LogP contribution < -0.4 is 29.6 Å². The molecule has 0 spiro atoms. The topological polar surface area (TPSA) is 121 Å². The number of nitrogens with one attached hydrogen (secondary N) is 2. The van der Waals surface area contributed by atoms with Gasteiger partial charge in [0.2, 0.25) is 0 Å². The van der Waals surface area contributed by atoms with Crippen LogP contribution in [0.1, 0.15) is 24.2 Å². The van der Waals surface area contributed by atoms with E-state index in [4.69, 9.17) is 23.7 Å². The normalized spacial score (nSPS) is 10.1. The van der Waals surface area contributed by atoms with Crippen LogP contribution in [-0.2, 0) is 14.3 Å². The first-order valence-corrected chi connectivity index (χ1v) is 10.3. The summed E-state index contributed by atoms with van der Waals surface area (Å²) in [5.74, 6) is 0.0491. The number of anilines is 1. The summed E-state index contributed by atoms with van der Waals surface area (Å²) in [5.41, 5.74) is 0.657. The molecule has 10 heteroatoms. The summed E-state index contributed by atoms with van der Waals surface area (Å²) in [4.78, 5) is 36.5. The van der Waals surface area contributed by atoms with Crippen LogP contribution >= 0.6 is 0 Å². The van der Waals surface area contributed by atoms with Crippen molar-refractivity contribution < 1.29 is 38.1 Å². The van der Waals surface area contributed by atoms with Crippen molar-refractivity contribution in [2.75, 3.05) is 45.9 Å². The standard InChI is InChI=1S/C23H28N2O8/c1-5-31-19-9-7-15(11-20(19)32-6-2)23(28)24-13-22(27)33-14-21(26)25-17-12-16(29-3)8-10-18(17)30-4/h7-12H,5-6,13-14H2,1-4H3,(H,24,28)(H,25,26). The third kappa shape index (κ3) is 7.60. The summed E-state index contributed by atoms with van der Waals surface area (Å²) in [6, 6.07) is 9.60. The Bertz CT molecular complexity index is 977. The Morgan fingerprint density at radius 1 is 0.848 bits per heavy atom. The van der Waals surface area contributed by atoms with Gasteiger partial charge in [0.05, 0.1) is 33.1 Å². The molecule has 0 saturated carbocycles. The predicted molar refractivity (Wildman–Crippen MR) is 120 cm³/mol. The minimum atomic E-state index is -0.771. The van der Waals surface area contributed by atoms with Crippen molar-refractivity contribution in [3.05, 3.63) is 42.0 Å². The average Bonchev–Trinajstić information content (AvgIpc) is 2.82. The van der Waals surface area contributed by atoms with Gasteiger partial charge >= 0.3 is 5.97 Å². The zero-order valence-electron chi connectivity index (χ0n) is 19.1. The van der Waals surface area contributed by atoms with Crippen LogP contribution in [0, 0.1) is 0 Å². The lowest BCUT2D eigenvalue weighted by Gasteiger charge is -2.13. The van der Waals surface area contributed by atoms with E-state index in [9.17, 15) is 14.4 Å². The maximum atomic E-state index is 12.4. The maximum Gasteiger partial charge on any atom is 0.325 e. The number of benzene rings is 2. The summed E-state index contributed by atoms with van der Waals surface area (Å²) in [7, 11) is 2.95. The molecule has 33 heavy (non-hydrogen) atoms. The fourth-order valence-electron chi connectivity index (χ4n) is 2.74. The lowest BCUT2D eigenvalue weighted by Crippen LogP contribution is -2.32. The van der Waals surface area contributed by atoms with Crippen molar-refractivity contribution in [3.8, 4) is 23.0 Å². The lowest BCUT2D eigenvalue weighted by molar-refractivity contribution is -0.146. The third-order valence-corrected chi connectivity index (χ3v) is 4.24. The van der Waals surface area contributed by atoms with Gasteiger partial charge in [0.15, 0.2) is 18.1 Å². The molecule has 10 nitrogen and oxygen atoms in total. The quantitative estimate of drug-likeness (QED) is 0.463. The first kappa shape index (κ1) is 25.3. The maximum absolute atomic E-state index is 12.4. The molecular weight excluding hydrogens is 432 g/mol. The number of ether oxygens (including phenoxy) is 5. The largest absolute Gasteiger partial charge is 0.497 e. The first-order chi connectivity index (χ1) is 15.9. The molecule has 2 N–H and O–H groups in total. The van der Waals surface area contributed by atoms with E-state index in [1.165, 1.54) is 20.3 Å². The van der Waals surface area contributed by atoms with Crippen LogP contribution in [0.4, 0.5) is 5.69 Å². The van der Waals surface area contributed by atoms with Crippen molar-refractivity contribution in [1.82, 2.24) is 5.32 Å². The highest BCUT2D eigenvalue weighted by Gasteiger charge is 2.15. The molecule has 0 aliphatic heterocycles. The van der Waals surface area contributed by atoms with Crippen LogP contribution in [0.2, 0.25) is 0 Å². The second kappa shape index (κ2) is 12.8. The van der Waals surface area contributed by atoms with Gasteiger partial charge in [0.1, 0.15) is 18.0 Å². The molecule has 0 radical (unpaired) electrons. The van der Waals surface area contributed by atoms with Gasteiger partial charge in [0.25, 0.3) is 11.8 Å². The van der Waals surface area contributed by atoms with E-state index in [1.807, 2.05) is 13.8 Å². The number of hydrogen-bond acceptors (Lipinski definition) is 8. The van der Waals surface area contributed by atoms with Gasteiger partial charge in [0, 0.05) is 11.6 Å². The molecule has 2 rings (SSSR count). The Balaban J connectivity index is 1.86. The van der Waals surface area contributed by atoms with Crippen molar-refractivity contribution in [3.63, 3.8) is 0 Å². The Kier molecular flexibility index (Phi) is 9.81. The van der Waals surface area contributed by atoms with Crippen molar-refractivity contribution in [2.24, 2.45) is 0 Å². The minimum Gasteiger partial charge on any atom is -0.497 e. The smallest absolute Gasteiger partial charge is 0.325 e. The summed E-state index contributed by atoms with van der Waals surface area (Å²) in [6.07, 6.45) is 0. The van der Waals surface area contributed by atoms with Crippen LogP contribution in [0.15, 0.2) is 36.4 Å². The van der Waals surface area contributed by atoms with E-state index in [-0.39, 0.29) is 5.56 Å². The highest BCUT2D eigenvalue weighted by molar-refractivity contribution is 5.97. The molecule has 0 fully saturated rings.